The van der Waals surface area contributed by atoms with Crippen LogP contribution in [0.1, 0.15) is 12.8 Å². The minimum absolute atomic E-state index is 0.655. The highest BCUT2D eigenvalue weighted by molar-refractivity contribution is 5.99. The standard InChI is InChI=1S/C7H10N3/c1-10-7(8)4-6(9-10)5-2-3-5/h4-5H,1-3,8H2/q+1. The normalized spacial score (nSPS) is 24.6. The van der Waals surface area contributed by atoms with Gasteiger partial charge < -0.3 is 0 Å². The van der Waals surface area contributed by atoms with Gasteiger partial charge in [-0.1, -0.05) is 5.10 Å². The lowest BCUT2D eigenvalue weighted by Crippen LogP contribution is -2.05. The fourth-order valence-electron chi connectivity index (χ4n) is 1.03. The van der Waals surface area contributed by atoms with E-state index in [1.54, 1.807) is 0 Å². The lowest BCUT2D eigenvalue weighted by Gasteiger charge is -1.84. The number of nitrogens with two attached hydrogens (primary N) is 1. The van der Waals surface area contributed by atoms with Crippen molar-refractivity contribution in [2.75, 3.05) is 0 Å². The Labute approximate surface area is 59.5 Å². The molecule has 0 aromatic carbocycles. The van der Waals surface area contributed by atoms with E-state index < -0.39 is 0 Å². The van der Waals surface area contributed by atoms with Crippen molar-refractivity contribution >= 4 is 12.4 Å². The summed E-state index contributed by atoms with van der Waals surface area (Å²) in [5.41, 5.74) is 6.65. The molecule has 1 heterocycles. The van der Waals surface area contributed by atoms with E-state index >= 15 is 0 Å². The molecule has 0 spiro atoms. The maximum absolute atomic E-state index is 5.54. The maximum atomic E-state index is 5.54. The lowest BCUT2D eigenvalue weighted by molar-refractivity contribution is -0.470. The average molecular weight is 136 g/mol. The molecule has 10 heavy (non-hydrogen) atoms. The second kappa shape index (κ2) is 1.68. The van der Waals surface area contributed by atoms with Crippen LogP contribution in [-0.2, 0) is 0 Å². The Morgan fingerprint density at radius 3 is 2.80 bits per heavy atom. The second-order valence-corrected chi connectivity index (χ2v) is 2.77. The first-order chi connectivity index (χ1) is 4.77. The molecule has 2 rings (SSSR count). The highest BCUT2D eigenvalue weighted by atomic mass is 15.4. The summed E-state index contributed by atoms with van der Waals surface area (Å²) in [5, 5.41) is 4.15. The van der Waals surface area contributed by atoms with E-state index in [9.17, 15) is 0 Å². The highest BCUT2D eigenvalue weighted by Crippen LogP contribution is 2.32. The quantitative estimate of drug-likeness (QED) is 0.517. The van der Waals surface area contributed by atoms with Gasteiger partial charge in [-0.25, -0.2) is 0 Å². The molecule has 0 saturated heterocycles. The number of rotatable bonds is 1. The van der Waals surface area contributed by atoms with Crippen LogP contribution in [0.15, 0.2) is 17.0 Å². The molecule has 52 valence electrons. The molecular weight excluding hydrogens is 126 g/mol. The zero-order chi connectivity index (χ0) is 7.14. The third-order valence-corrected chi connectivity index (χ3v) is 1.83. The molecule has 0 atom stereocenters. The van der Waals surface area contributed by atoms with Gasteiger partial charge in [0.05, 0.1) is 18.5 Å². The first-order valence-corrected chi connectivity index (χ1v) is 3.43. The summed E-state index contributed by atoms with van der Waals surface area (Å²) in [6.07, 6.45) is 4.43. The molecule has 0 radical (unpaired) electrons. The minimum Gasteiger partial charge on any atom is -0.285 e. The molecule has 2 N–H and O–H groups in total. The van der Waals surface area contributed by atoms with Crippen LogP contribution in [-0.4, -0.2) is 17.1 Å². The van der Waals surface area contributed by atoms with Crippen LogP contribution in [0.5, 0.6) is 0 Å². The molecule has 3 heteroatoms. The van der Waals surface area contributed by atoms with E-state index in [4.69, 9.17) is 5.73 Å². The topological polar surface area (TPSA) is 41.4 Å². The zero-order valence-electron chi connectivity index (χ0n) is 5.75. The van der Waals surface area contributed by atoms with Crippen molar-refractivity contribution < 1.29 is 4.68 Å². The van der Waals surface area contributed by atoms with Crippen LogP contribution < -0.4 is 5.73 Å². The Hall–Kier alpha value is -1.12. The van der Waals surface area contributed by atoms with E-state index in [-0.39, 0.29) is 0 Å². The molecule has 0 unspecified atom stereocenters. The molecule has 1 saturated carbocycles. The van der Waals surface area contributed by atoms with Gasteiger partial charge in [-0.3, -0.25) is 5.73 Å². The predicted octanol–water partition coefficient (Wildman–Crippen LogP) is 0.279. The zero-order valence-corrected chi connectivity index (χ0v) is 5.75. The molecule has 1 aliphatic heterocycles. The largest absolute Gasteiger partial charge is 0.299 e. The van der Waals surface area contributed by atoms with Gasteiger partial charge in [0.2, 0.25) is 0 Å². The smallest absolute Gasteiger partial charge is 0.285 e. The highest BCUT2D eigenvalue weighted by Gasteiger charge is 2.31. The van der Waals surface area contributed by atoms with Gasteiger partial charge in [0.25, 0.3) is 5.82 Å². The van der Waals surface area contributed by atoms with Gasteiger partial charge in [-0.05, 0) is 12.8 Å². The van der Waals surface area contributed by atoms with Crippen LogP contribution in [0, 0.1) is 5.92 Å². The predicted molar refractivity (Wildman–Crippen MR) is 39.8 cm³/mol. The summed E-state index contributed by atoms with van der Waals surface area (Å²) >= 11 is 0. The van der Waals surface area contributed by atoms with Gasteiger partial charge in [0.15, 0.2) is 0 Å². The molecule has 0 aromatic heterocycles. The Bertz CT molecular complexity index is 246. The third kappa shape index (κ3) is 0.744. The summed E-state index contributed by atoms with van der Waals surface area (Å²) in [6, 6.07) is 0. The number of nitrogens with zero attached hydrogens (tertiary/aromatic N) is 2. The average Bonchev–Trinajstić information content (AvgIpc) is 2.64. The molecule has 0 aromatic rings. The number of hydrazone groups is 1. The van der Waals surface area contributed by atoms with Crippen molar-refractivity contribution in [2.24, 2.45) is 16.8 Å². The summed E-state index contributed by atoms with van der Waals surface area (Å²) in [7, 11) is 0. The number of allylic oxidation sites excluding steroid dienone is 1. The fraction of sp³-hybridized carbons (Fsp3) is 0.429. The van der Waals surface area contributed by atoms with Crippen molar-refractivity contribution in [3.63, 3.8) is 0 Å². The molecule has 1 fully saturated rings. The van der Waals surface area contributed by atoms with Crippen LogP contribution in [0.3, 0.4) is 0 Å². The van der Waals surface area contributed by atoms with Crippen LogP contribution in [0.25, 0.3) is 0 Å². The second-order valence-electron chi connectivity index (χ2n) is 2.77. The van der Waals surface area contributed by atoms with Crippen molar-refractivity contribution in [1.82, 2.24) is 0 Å². The Balaban J connectivity index is 2.25. The first-order valence-electron chi connectivity index (χ1n) is 3.43. The summed E-state index contributed by atoms with van der Waals surface area (Å²) < 4.78 is 1.48. The molecule has 0 bridgehead atoms. The summed E-state index contributed by atoms with van der Waals surface area (Å²) in [4.78, 5) is 0. The first kappa shape index (κ1) is 5.65. The van der Waals surface area contributed by atoms with Gasteiger partial charge in [0, 0.05) is 5.92 Å². The van der Waals surface area contributed by atoms with Crippen LogP contribution in [0.4, 0.5) is 0 Å². The Morgan fingerprint density at radius 2 is 2.40 bits per heavy atom. The van der Waals surface area contributed by atoms with Crippen LogP contribution in [0.2, 0.25) is 0 Å². The van der Waals surface area contributed by atoms with Gasteiger partial charge in [-0.15, -0.1) is 4.68 Å². The number of hydrogen-bond donors (Lipinski definition) is 1. The van der Waals surface area contributed by atoms with Crippen molar-refractivity contribution in [3.05, 3.63) is 11.9 Å². The minimum atomic E-state index is 0.655. The molecule has 0 amide bonds. The van der Waals surface area contributed by atoms with E-state index in [0.29, 0.717) is 11.7 Å². The SMILES string of the molecule is C=[N+]1N=C(C2CC2)C=C1N. The molecule has 3 nitrogen and oxygen atoms in total. The molecule has 1 aliphatic carbocycles. The fourth-order valence-corrected chi connectivity index (χ4v) is 1.03. The molecule has 2 aliphatic rings. The number of hydrogen-bond acceptors (Lipinski definition) is 2. The molecular formula is C7H10N3+. The van der Waals surface area contributed by atoms with Gasteiger partial charge >= 0.3 is 0 Å². The van der Waals surface area contributed by atoms with Crippen molar-refractivity contribution in [1.29, 1.82) is 0 Å². The van der Waals surface area contributed by atoms with Crippen LogP contribution >= 0.6 is 0 Å². The Kier molecular flexibility index (Phi) is 0.952. The van der Waals surface area contributed by atoms with E-state index in [0.717, 1.165) is 5.71 Å². The van der Waals surface area contributed by atoms with Crippen molar-refractivity contribution in [2.45, 2.75) is 12.8 Å². The maximum Gasteiger partial charge on any atom is 0.299 e. The van der Waals surface area contributed by atoms with E-state index in [1.165, 1.54) is 17.5 Å². The Morgan fingerprint density at radius 1 is 1.70 bits per heavy atom. The summed E-state index contributed by atoms with van der Waals surface area (Å²) in [5.74, 6) is 1.33. The van der Waals surface area contributed by atoms with E-state index in [1.807, 2.05) is 6.08 Å². The van der Waals surface area contributed by atoms with Crippen molar-refractivity contribution in [3.8, 4) is 0 Å². The lowest BCUT2D eigenvalue weighted by atomic mass is 10.2. The monoisotopic (exact) mass is 136 g/mol. The van der Waals surface area contributed by atoms with E-state index in [2.05, 4.69) is 11.8 Å². The van der Waals surface area contributed by atoms with Gasteiger partial charge in [-0.2, -0.15) is 0 Å². The summed E-state index contributed by atoms with van der Waals surface area (Å²) in [6.45, 7) is 3.63. The van der Waals surface area contributed by atoms with Gasteiger partial charge in [0.1, 0.15) is 0 Å². The third-order valence-electron chi connectivity index (χ3n) is 1.83.